The Bertz CT molecular complexity index is 457. The first-order chi connectivity index (χ1) is 10.6. The van der Waals surface area contributed by atoms with Crippen LogP contribution in [0.4, 0.5) is 4.79 Å². The van der Waals surface area contributed by atoms with Crippen LogP contribution in [0.1, 0.15) is 38.2 Å². The fourth-order valence-corrected chi connectivity index (χ4v) is 3.15. The highest BCUT2D eigenvalue weighted by molar-refractivity contribution is 5.74. The molecule has 1 aromatic carbocycles. The zero-order valence-electron chi connectivity index (χ0n) is 13.7. The zero-order chi connectivity index (χ0) is 15.9. The lowest BCUT2D eigenvalue weighted by atomic mass is 9.92. The average Bonchev–Trinajstić information content (AvgIpc) is 3.08. The van der Waals surface area contributed by atoms with Gasteiger partial charge in [-0.1, -0.05) is 43.2 Å². The number of nitrogens with one attached hydrogen (secondary N) is 1. The van der Waals surface area contributed by atoms with Gasteiger partial charge in [0, 0.05) is 13.1 Å². The first-order valence-electron chi connectivity index (χ1n) is 8.30. The summed E-state index contributed by atoms with van der Waals surface area (Å²) in [6.07, 6.45) is 5.77. The number of rotatable bonds is 6. The van der Waals surface area contributed by atoms with E-state index in [1.807, 2.05) is 25.1 Å². The number of nitrogens with zero attached hydrogens (tertiary/aromatic N) is 1. The third-order valence-electron chi connectivity index (χ3n) is 4.82. The minimum atomic E-state index is -0.166. The van der Waals surface area contributed by atoms with Gasteiger partial charge in [-0.25, -0.2) is 4.79 Å². The first-order valence-corrected chi connectivity index (χ1v) is 8.30. The monoisotopic (exact) mass is 304 g/mol. The highest BCUT2D eigenvalue weighted by atomic mass is 16.3. The number of aliphatic hydroxyl groups excluding tert-OH is 1. The fraction of sp³-hybridized carbons (Fsp3) is 0.611. The highest BCUT2D eigenvalue weighted by Gasteiger charge is 2.28. The molecule has 4 nitrogen and oxygen atoms in total. The van der Waals surface area contributed by atoms with Crippen molar-refractivity contribution >= 4 is 6.03 Å². The molecule has 2 amide bonds. The number of urea groups is 1. The van der Waals surface area contributed by atoms with Gasteiger partial charge in [-0.05, 0) is 37.7 Å². The van der Waals surface area contributed by atoms with Gasteiger partial charge in [-0.2, -0.15) is 0 Å². The van der Waals surface area contributed by atoms with Crippen LogP contribution in [0, 0.1) is 5.92 Å². The molecule has 1 aliphatic carbocycles. The molecule has 1 saturated carbocycles. The lowest BCUT2D eigenvalue weighted by Crippen LogP contribution is -2.50. The predicted octanol–water partition coefficient (Wildman–Crippen LogP) is 2.81. The van der Waals surface area contributed by atoms with Gasteiger partial charge in [-0.3, -0.25) is 0 Å². The minimum Gasteiger partial charge on any atom is -0.394 e. The largest absolute Gasteiger partial charge is 0.394 e. The van der Waals surface area contributed by atoms with Crippen molar-refractivity contribution in [2.24, 2.45) is 5.92 Å². The van der Waals surface area contributed by atoms with E-state index in [0.29, 0.717) is 5.92 Å². The minimum absolute atomic E-state index is 0.0172. The van der Waals surface area contributed by atoms with E-state index < -0.39 is 0 Å². The van der Waals surface area contributed by atoms with Gasteiger partial charge in [0.15, 0.2) is 0 Å². The molecule has 22 heavy (non-hydrogen) atoms. The maximum absolute atomic E-state index is 12.4. The summed E-state index contributed by atoms with van der Waals surface area (Å²) in [5.41, 5.74) is 1.26. The van der Waals surface area contributed by atoms with Crippen LogP contribution in [0.3, 0.4) is 0 Å². The highest BCUT2D eigenvalue weighted by Crippen LogP contribution is 2.29. The van der Waals surface area contributed by atoms with E-state index in [9.17, 15) is 9.90 Å². The SMILES string of the molecule is CC(CO)N(C)C(=O)NC(Cc1ccccc1)C1CCCC1. The molecule has 1 aromatic rings. The standard InChI is InChI=1S/C18H28N2O2/c1-14(13-21)20(2)18(22)19-17(16-10-6-7-11-16)12-15-8-4-3-5-9-15/h3-5,8-9,14,16-17,21H,6-7,10-13H2,1-2H3,(H,19,22). The molecule has 0 saturated heterocycles. The molecule has 0 radical (unpaired) electrons. The van der Waals surface area contributed by atoms with Crippen molar-refractivity contribution in [1.82, 2.24) is 10.2 Å². The third kappa shape index (κ3) is 4.47. The molecular weight excluding hydrogens is 276 g/mol. The second-order valence-corrected chi connectivity index (χ2v) is 6.43. The molecule has 2 atom stereocenters. The summed E-state index contributed by atoms with van der Waals surface area (Å²) in [4.78, 5) is 14.0. The number of hydrogen-bond donors (Lipinski definition) is 2. The predicted molar refractivity (Wildman–Crippen MR) is 88.7 cm³/mol. The average molecular weight is 304 g/mol. The topological polar surface area (TPSA) is 52.6 Å². The van der Waals surface area contributed by atoms with Gasteiger partial charge in [0.25, 0.3) is 0 Å². The molecule has 2 unspecified atom stereocenters. The molecule has 122 valence electrons. The van der Waals surface area contributed by atoms with Crippen molar-refractivity contribution in [2.45, 2.75) is 51.1 Å². The molecule has 2 rings (SSSR count). The summed E-state index contributed by atoms with van der Waals surface area (Å²) >= 11 is 0. The van der Waals surface area contributed by atoms with Crippen molar-refractivity contribution in [3.63, 3.8) is 0 Å². The number of carbonyl (C=O) groups excluding carboxylic acids is 1. The second kappa shape index (κ2) is 8.18. The Kier molecular flexibility index (Phi) is 6.25. The Hall–Kier alpha value is -1.55. The maximum atomic E-state index is 12.4. The van der Waals surface area contributed by atoms with Crippen LogP contribution >= 0.6 is 0 Å². The van der Waals surface area contributed by atoms with Crippen LogP contribution < -0.4 is 5.32 Å². The van der Waals surface area contributed by atoms with E-state index in [0.717, 1.165) is 6.42 Å². The molecular formula is C18H28N2O2. The molecule has 0 heterocycles. The van der Waals surface area contributed by atoms with Crippen LogP contribution in [-0.4, -0.2) is 41.8 Å². The third-order valence-corrected chi connectivity index (χ3v) is 4.82. The molecule has 0 spiro atoms. The molecule has 0 aromatic heterocycles. The zero-order valence-corrected chi connectivity index (χ0v) is 13.7. The normalized spacial score (nSPS) is 18.0. The van der Waals surface area contributed by atoms with E-state index in [1.54, 1.807) is 11.9 Å². The Morgan fingerprint density at radius 1 is 1.32 bits per heavy atom. The molecule has 1 aliphatic rings. The van der Waals surface area contributed by atoms with Crippen LogP contribution in [0.2, 0.25) is 0 Å². The van der Waals surface area contributed by atoms with E-state index in [2.05, 4.69) is 17.4 Å². The number of benzene rings is 1. The van der Waals surface area contributed by atoms with Crippen LogP contribution in [0.5, 0.6) is 0 Å². The molecule has 1 fully saturated rings. The van der Waals surface area contributed by atoms with E-state index in [4.69, 9.17) is 0 Å². The van der Waals surface area contributed by atoms with Crippen LogP contribution in [-0.2, 0) is 6.42 Å². The number of aliphatic hydroxyl groups is 1. The van der Waals surface area contributed by atoms with Gasteiger partial charge in [-0.15, -0.1) is 0 Å². The van der Waals surface area contributed by atoms with E-state index >= 15 is 0 Å². The Morgan fingerprint density at radius 2 is 1.95 bits per heavy atom. The molecule has 2 N–H and O–H groups in total. The van der Waals surface area contributed by atoms with Crippen LogP contribution in [0.25, 0.3) is 0 Å². The van der Waals surface area contributed by atoms with E-state index in [-0.39, 0.29) is 24.7 Å². The summed E-state index contributed by atoms with van der Waals surface area (Å²) in [5.74, 6) is 0.557. The molecule has 0 aliphatic heterocycles. The second-order valence-electron chi connectivity index (χ2n) is 6.43. The Labute approximate surface area is 133 Å². The quantitative estimate of drug-likeness (QED) is 0.849. The number of likely N-dealkylation sites (N-methyl/N-ethyl adjacent to an activating group) is 1. The van der Waals surface area contributed by atoms with Gasteiger partial charge < -0.3 is 15.3 Å². The van der Waals surface area contributed by atoms with Crippen molar-refractivity contribution < 1.29 is 9.90 Å². The van der Waals surface area contributed by atoms with Crippen LogP contribution in [0.15, 0.2) is 30.3 Å². The van der Waals surface area contributed by atoms with Gasteiger partial charge >= 0.3 is 6.03 Å². The maximum Gasteiger partial charge on any atom is 0.317 e. The van der Waals surface area contributed by atoms with Gasteiger partial charge in [0.1, 0.15) is 0 Å². The van der Waals surface area contributed by atoms with Gasteiger partial charge in [0.05, 0.1) is 12.6 Å². The first kappa shape index (κ1) is 16.8. The summed E-state index contributed by atoms with van der Waals surface area (Å²) < 4.78 is 0. The van der Waals surface area contributed by atoms with Gasteiger partial charge in [0.2, 0.25) is 0 Å². The molecule has 0 bridgehead atoms. The molecule has 4 heteroatoms. The lowest BCUT2D eigenvalue weighted by molar-refractivity contribution is 0.152. The summed E-state index contributed by atoms with van der Waals surface area (Å²) in [6.45, 7) is 1.83. The van der Waals surface area contributed by atoms with Crippen molar-refractivity contribution in [3.8, 4) is 0 Å². The Balaban J connectivity index is 2.03. The Morgan fingerprint density at radius 3 is 2.55 bits per heavy atom. The number of amides is 2. The fourth-order valence-electron chi connectivity index (χ4n) is 3.15. The lowest BCUT2D eigenvalue weighted by Gasteiger charge is -2.30. The number of carbonyl (C=O) groups is 1. The summed E-state index contributed by atoms with van der Waals surface area (Å²) in [6, 6.07) is 10.3. The summed E-state index contributed by atoms with van der Waals surface area (Å²) in [5, 5.41) is 12.4. The van der Waals surface area contributed by atoms with Crippen molar-refractivity contribution in [1.29, 1.82) is 0 Å². The van der Waals surface area contributed by atoms with E-state index in [1.165, 1.54) is 31.2 Å². The summed E-state index contributed by atoms with van der Waals surface area (Å²) in [7, 11) is 1.74. The van der Waals surface area contributed by atoms with Crippen molar-refractivity contribution in [3.05, 3.63) is 35.9 Å². The van der Waals surface area contributed by atoms with Crippen molar-refractivity contribution in [2.75, 3.05) is 13.7 Å². The number of hydrogen-bond acceptors (Lipinski definition) is 2. The smallest absolute Gasteiger partial charge is 0.317 e.